The molecule has 1 saturated heterocycles. The first-order valence-electron chi connectivity index (χ1n) is 10.0. The molecular weight excluding hydrogens is 358 g/mol. The van der Waals surface area contributed by atoms with Gasteiger partial charge in [0.2, 0.25) is 11.8 Å². The van der Waals surface area contributed by atoms with E-state index in [0.29, 0.717) is 45.5 Å². The Labute approximate surface area is 165 Å². The second-order valence-electron chi connectivity index (χ2n) is 7.62. The van der Waals surface area contributed by atoms with Gasteiger partial charge in [-0.05, 0) is 38.7 Å². The van der Waals surface area contributed by atoms with Crippen molar-refractivity contribution in [3.63, 3.8) is 0 Å². The third-order valence-corrected chi connectivity index (χ3v) is 5.42. The molecule has 1 heterocycles. The van der Waals surface area contributed by atoms with Crippen molar-refractivity contribution >= 4 is 17.9 Å². The number of hydrogen-bond acceptors (Lipinski definition) is 4. The van der Waals surface area contributed by atoms with Crippen LogP contribution in [0.5, 0.6) is 0 Å². The highest BCUT2D eigenvalue weighted by Gasteiger charge is 2.48. The molecule has 1 aromatic rings. The maximum atomic E-state index is 12.4. The fourth-order valence-electron chi connectivity index (χ4n) is 3.53. The molecule has 7 heteroatoms. The topological polar surface area (TPSA) is 87.7 Å². The fourth-order valence-corrected chi connectivity index (χ4v) is 3.53. The Bertz CT molecular complexity index is 711. The summed E-state index contributed by atoms with van der Waals surface area (Å²) in [6.45, 7) is 5.81. The zero-order valence-corrected chi connectivity index (χ0v) is 16.6. The number of aryl methyl sites for hydroxylation is 1. The van der Waals surface area contributed by atoms with E-state index < -0.39 is 0 Å². The van der Waals surface area contributed by atoms with Crippen molar-refractivity contribution in [1.82, 2.24) is 15.5 Å². The molecule has 0 aromatic heterocycles. The van der Waals surface area contributed by atoms with E-state index in [1.165, 1.54) is 5.56 Å². The summed E-state index contributed by atoms with van der Waals surface area (Å²) in [4.78, 5) is 38.1. The summed E-state index contributed by atoms with van der Waals surface area (Å²) in [6, 6.07) is 8.07. The minimum atomic E-state index is -0.292. The van der Waals surface area contributed by atoms with Crippen LogP contribution in [0.3, 0.4) is 0 Å². The molecule has 1 aliphatic carbocycles. The molecule has 3 rings (SSSR count). The van der Waals surface area contributed by atoms with Gasteiger partial charge in [-0.25, -0.2) is 4.79 Å². The van der Waals surface area contributed by atoms with Gasteiger partial charge < -0.3 is 20.3 Å². The molecule has 2 N–H and O–H groups in total. The van der Waals surface area contributed by atoms with E-state index in [2.05, 4.69) is 10.6 Å². The van der Waals surface area contributed by atoms with Crippen molar-refractivity contribution in [2.75, 3.05) is 19.7 Å². The lowest BCUT2D eigenvalue weighted by atomic mass is 10.1. The fraction of sp³-hybridized carbons (Fsp3) is 0.571. The molecule has 28 heavy (non-hydrogen) atoms. The summed E-state index contributed by atoms with van der Waals surface area (Å²) in [5.41, 5.74) is 2.23. The maximum absolute atomic E-state index is 12.4. The van der Waals surface area contributed by atoms with Gasteiger partial charge in [-0.2, -0.15) is 0 Å². The first kappa shape index (κ1) is 20.2. The lowest BCUT2D eigenvalue weighted by Crippen LogP contribution is -2.47. The van der Waals surface area contributed by atoms with E-state index in [1.807, 2.05) is 31.2 Å². The number of nitrogens with zero attached hydrogens (tertiary/aromatic N) is 1. The monoisotopic (exact) mass is 387 g/mol. The molecule has 2 aliphatic rings. The molecular formula is C21H29N3O4. The van der Waals surface area contributed by atoms with Gasteiger partial charge in [0.15, 0.2) is 0 Å². The van der Waals surface area contributed by atoms with Crippen LogP contribution in [0, 0.1) is 18.8 Å². The molecule has 1 aliphatic heterocycles. The number of ether oxygens (including phenoxy) is 1. The van der Waals surface area contributed by atoms with Gasteiger partial charge >= 0.3 is 6.09 Å². The van der Waals surface area contributed by atoms with Gasteiger partial charge in [0.05, 0.1) is 18.4 Å². The summed E-state index contributed by atoms with van der Waals surface area (Å²) in [7, 11) is 0. The number of carbonyl (C=O) groups is 3. The average Bonchev–Trinajstić information content (AvgIpc) is 3.49. The molecule has 152 valence electrons. The van der Waals surface area contributed by atoms with E-state index in [4.69, 9.17) is 4.74 Å². The molecule has 2 atom stereocenters. The van der Waals surface area contributed by atoms with Crippen molar-refractivity contribution in [1.29, 1.82) is 0 Å². The number of likely N-dealkylation sites (tertiary alicyclic amines) is 1. The third kappa shape index (κ3) is 5.24. The number of benzene rings is 1. The molecule has 0 bridgehead atoms. The number of rotatable bonds is 6. The normalized spacial score (nSPS) is 21.7. The Morgan fingerprint density at radius 2 is 1.71 bits per heavy atom. The molecule has 1 aromatic carbocycles. The van der Waals surface area contributed by atoms with E-state index in [0.717, 1.165) is 5.56 Å². The van der Waals surface area contributed by atoms with Gasteiger partial charge in [-0.3, -0.25) is 9.59 Å². The highest BCUT2D eigenvalue weighted by molar-refractivity contribution is 5.92. The molecule has 0 radical (unpaired) electrons. The Morgan fingerprint density at radius 3 is 2.36 bits per heavy atom. The van der Waals surface area contributed by atoms with Crippen molar-refractivity contribution in [3.8, 4) is 0 Å². The van der Waals surface area contributed by atoms with Crippen LogP contribution in [0.1, 0.15) is 37.3 Å². The van der Waals surface area contributed by atoms with Gasteiger partial charge in [-0.1, -0.05) is 29.8 Å². The van der Waals surface area contributed by atoms with Crippen LogP contribution >= 0.6 is 0 Å². The lowest BCUT2D eigenvalue weighted by molar-refractivity contribution is -0.127. The second kappa shape index (κ2) is 9.08. The number of piperidine rings is 1. The Kier molecular flexibility index (Phi) is 6.54. The van der Waals surface area contributed by atoms with Crippen molar-refractivity contribution in [3.05, 3.63) is 35.4 Å². The summed E-state index contributed by atoms with van der Waals surface area (Å²) in [6.07, 6.45) is 1.73. The summed E-state index contributed by atoms with van der Waals surface area (Å²) < 4.78 is 5.00. The van der Waals surface area contributed by atoms with Gasteiger partial charge in [-0.15, -0.1) is 0 Å². The largest absolute Gasteiger partial charge is 0.450 e. The molecule has 2 unspecified atom stereocenters. The maximum Gasteiger partial charge on any atom is 0.409 e. The Balaban J connectivity index is 1.37. The lowest BCUT2D eigenvalue weighted by Gasteiger charge is -2.31. The Morgan fingerprint density at radius 1 is 1.07 bits per heavy atom. The van der Waals surface area contributed by atoms with Crippen LogP contribution in [-0.2, 0) is 20.9 Å². The van der Waals surface area contributed by atoms with Crippen LogP contribution in [0.25, 0.3) is 0 Å². The van der Waals surface area contributed by atoms with Gasteiger partial charge in [0, 0.05) is 25.7 Å². The average molecular weight is 387 g/mol. The number of carbonyl (C=O) groups excluding carboxylic acids is 3. The minimum absolute atomic E-state index is 0.0509. The SMILES string of the molecule is CCOC(=O)N1CCC(NC(=O)C2CC2C(=O)NCc2ccc(C)cc2)CC1. The van der Waals surface area contributed by atoms with Crippen molar-refractivity contribution in [2.45, 2.75) is 45.7 Å². The molecule has 3 amide bonds. The molecule has 0 spiro atoms. The first-order chi connectivity index (χ1) is 13.5. The van der Waals surface area contributed by atoms with Crippen LogP contribution in [0.15, 0.2) is 24.3 Å². The number of amides is 3. The highest BCUT2D eigenvalue weighted by atomic mass is 16.6. The van der Waals surface area contributed by atoms with Crippen LogP contribution in [-0.4, -0.2) is 48.5 Å². The quantitative estimate of drug-likeness (QED) is 0.781. The summed E-state index contributed by atoms with van der Waals surface area (Å²) in [5, 5.41) is 5.96. The second-order valence-corrected chi connectivity index (χ2v) is 7.62. The van der Waals surface area contributed by atoms with E-state index in [1.54, 1.807) is 11.8 Å². The smallest absolute Gasteiger partial charge is 0.409 e. The zero-order chi connectivity index (χ0) is 20.1. The van der Waals surface area contributed by atoms with E-state index in [9.17, 15) is 14.4 Å². The van der Waals surface area contributed by atoms with Gasteiger partial charge in [0.25, 0.3) is 0 Å². The number of nitrogens with one attached hydrogen (secondary N) is 2. The molecule has 1 saturated carbocycles. The predicted molar refractivity (Wildman–Crippen MR) is 104 cm³/mol. The van der Waals surface area contributed by atoms with E-state index in [-0.39, 0.29) is 35.8 Å². The third-order valence-electron chi connectivity index (χ3n) is 5.42. The van der Waals surface area contributed by atoms with Gasteiger partial charge in [0.1, 0.15) is 0 Å². The van der Waals surface area contributed by atoms with Crippen LogP contribution in [0.4, 0.5) is 4.79 Å². The van der Waals surface area contributed by atoms with Crippen molar-refractivity contribution in [2.24, 2.45) is 11.8 Å². The van der Waals surface area contributed by atoms with Crippen molar-refractivity contribution < 1.29 is 19.1 Å². The highest BCUT2D eigenvalue weighted by Crippen LogP contribution is 2.39. The molecule has 7 nitrogen and oxygen atoms in total. The van der Waals surface area contributed by atoms with Crippen LogP contribution in [0.2, 0.25) is 0 Å². The van der Waals surface area contributed by atoms with E-state index >= 15 is 0 Å². The first-order valence-corrected chi connectivity index (χ1v) is 10.0. The summed E-state index contributed by atoms with van der Waals surface area (Å²) in [5.74, 6) is -0.575. The summed E-state index contributed by atoms with van der Waals surface area (Å²) >= 11 is 0. The Hall–Kier alpha value is -2.57. The minimum Gasteiger partial charge on any atom is -0.450 e. The number of hydrogen-bond donors (Lipinski definition) is 2. The predicted octanol–water partition coefficient (Wildman–Crippen LogP) is 1.98. The van der Waals surface area contributed by atoms with Crippen LogP contribution < -0.4 is 10.6 Å². The zero-order valence-electron chi connectivity index (χ0n) is 16.6. The molecule has 2 fully saturated rings. The standard InChI is InChI=1S/C21H29N3O4/c1-3-28-21(27)24-10-8-16(9-11-24)23-20(26)18-12-17(18)19(25)22-13-15-6-4-14(2)5-7-15/h4-7,16-18H,3,8-13H2,1-2H3,(H,22,25)(H,23,26).